The Bertz CT molecular complexity index is 499. The highest BCUT2D eigenvalue weighted by atomic mass is 79.9. The molecule has 0 atom stereocenters. The van der Waals surface area contributed by atoms with Gasteiger partial charge in [0.25, 0.3) is 0 Å². The summed E-state index contributed by atoms with van der Waals surface area (Å²) in [6.07, 6.45) is 6.12. The molecule has 1 aliphatic carbocycles. The van der Waals surface area contributed by atoms with Gasteiger partial charge in [0.05, 0.1) is 11.2 Å². The van der Waals surface area contributed by atoms with Crippen molar-refractivity contribution in [2.24, 2.45) is 5.73 Å². The summed E-state index contributed by atoms with van der Waals surface area (Å²) in [5.41, 5.74) is 7.90. The van der Waals surface area contributed by atoms with E-state index in [2.05, 4.69) is 20.9 Å². The second kappa shape index (κ2) is 2.58. The zero-order valence-electron chi connectivity index (χ0n) is 7.57. The predicted molar refractivity (Wildman–Crippen MR) is 58.0 cm³/mol. The topological polar surface area (TPSA) is 43.3 Å². The lowest BCUT2D eigenvalue weighted by Crippen LogP contribution is -2.18. The van der Waals surface area contributed by atoms with Gasteiger partial charge in [-0.3, -0.25) is 0 Å². The van der Waals surface area contributed by atoms with Gasteiger partial charge in [-0.15, -0.1) is 0 Å². The van der Waals surface area contributed by atoms with E-state index < -0.39 is 0 Å². The van der Waals surface area contributed by atoms with Crippen LogP contribution >= 0.6 is 15.9 Å². The first kappa shape index (κ1) is 8.44. The first-order valence-electron chi connectivity index (χ1n) is 4.61. The van der Waals surface area contributed by atoms with Gasteiger partial charge < -0.3 is 10.1 Å². The SMILES string of the molecule is NC1(c2cn3ccc(Br)cc3n2)CC1. The molecule has 1 aliphatic rings. The number of hydrogen-bond acceptors (Lipinski definition) is 2. The van der Waals surface area contributed by atoms with Crippen LogP contribution in [0.15, 0.2) is 29.0 Å². The lowest BCUT2D eigenvalue weighted by atomic mass is 10.2. The van der Waals surface area contributed by atoms with Crippen LogP contribution in [0.3, 0.4) is 0 Å². The number of pyridine rings is 1. The third-order valence-corrected chi connectivity index (χ3v) is 3.21. The number of halogens is 1. The smallest absolute Gasteiger partial charge is 0.138 e. The Labute approximate surface area is 90.1 Å². The summed E-state index contributed by atoms with van der Waals surface area (Å²) in [6.45, 7) is 0. The molecule has 1 fully saturated rings. The average Bonchev–Trinajstić information content (AvgIpc) is 2.77. The van der Waals surface area contributed by atoms with E-state index in [4.69, 9.17) is 5.73 Å². The van der Waals surface area contributed by atoms with Gasteiger partial charge in [-0.25, -0.2) is 4.98 Å². The fourth-order valence-corrected chi connectivity index (χ4v) is 1.91. The number of imidazole rings is 1. The Hall–Kier alpha value is -0.870. The minimum Gasteiger partial charge on any atom is -0.320 e. The lowest BCUT2D eigenvalue weighted by Gasteiger charge is -2.00. The molecule has 0 spiro atoms. The van der Waals surface area contributed by atoms with Crippen molar-refractivity contribution in [2.45, 2.75) is 18.4 Å². The molecule has 0 amide bonds. The molecule has 72 valence electrons. The van der Waals surface area contributed by atoms with Crippen LogP contribution in [0.4, 0.5) is 0 Å². The molecule has 4 heteroatoms. The quantitative estimate of drug-likeness (QED) is 0.844. The highest BCUT2D eigenvalue weighted by Crippen LogP contribution is 2.41. The van der Waals surface area contributed by atoms with E-state index in [1.807, 2.05) is 28.9 Å². The van der Waals surface area contributed by atoms with Crippen molar-refractivity contribution in [3.63, 3.8) is 0 Å². The van der Waals surface area contributed by atoms with Gasteiger partial charge >= 0.3 is 0 Å². The van der Waals surface area contributed by atoms with Gasteiger partial charge in [0, 0.05) is 16.9 Å². The number of nitrogens with two attached hydrogens (primary N) is 1. The third-order valence-electron chi connectivity index (χ3n) is 2.72. The van der Waals surface area contributed by atoms with Gasteiger partial charge in [-0.1, -0.05) is 15.9 Å². The number of aromatic nitrogens is 2. The standard InChI is InChI=1S/C10H10BrN3/c11-7-1-4-14-6-8(10(12)2-3-10)13-9(14)5-7/h1,4-6H,2-3,12H2. The molecule has 0 aliphatic heterocycles. The van der Waals surface area contributed by atoms with E-state index in [9.17, 15) is 0 Å². The molecule has 2 N–H and O–H groups in total. The van der Waals surface area contributed by atoms with Crippen LogP contribution < -0.4 is 5.73 Å². The Balaban J connectivity index is 2.20. The summed E-state index contributed by atoms with van der Waals surface area (Å²) in [5.74, 6) is 0. The molecule has 1 saturated carbocycles. The molecule has 0 saturated heterocycles. The fraction of sp³-hybridized carbons (Fsp3) is 0.300. The van der Waals surface area contributed by atoms with Crippen LogP contribution in [0, 0.1) is 0 Å². The molecule has 0 bridgehead atoms. The average molecular weight is 252 g/mol. The molecular weight excluding hydrogens is 242 g/mol. The molecule has 2 aromatic heterocycles. The minimum absolute atomic E-state index is 0.140. The zero-order valence-corrected chi connectivity index (χ0v) is 9.16. The van der Waals surface area contributed by atoms with Crippen molar-refractivity contribution in [3.05, 3.63) is 34.7 Å². The fourth-order valence-electron chi connectivity index (χ4n) is 1.59. The molecule has 3 nitrogen and oxygen atoms in total. The molecule has 0 unspecified atom stereocenters. The van der Waals surface area contributed by atoms with Crippen molar-refractivity contribution in [1.29, 1.82) is 0 Å². The number of hydrogen-bond donors (Lipinski definition) is 1. The minimum atomic E-state index is -0.140. The Morgan fingerprint density at radius 1 is 1.50 bits per heavy atom. The Morgan fingerprint density at radius 3 is 3.00 bits per heavy atom. The van der Waals surface area contributed by atoms with E-state index >= 15 is 0 Å². The maximum Gasteiger partial charge on any atom is 0.138 e. The van der Waals surface area contributed by atoms with E-state index in [1.54, 1.807) is 0 Å². The van der Waals surface area contributed by atoms with Crippen LogP contribution in [0.5, 0.6) is 0 Å². The summed E-state index contributed by atoms with van der Waals surface area (Å²) in [6, 6.07) is 3.99. The summed E-state index contributed by atoms with van der Waals surface area (Å²) in [4.78, 5) is 4.52. The van der Waals surface area contributed by atoms with E-state index in [0.29, 0.717) is 0 Å². The highest BCUT2D eigenvalue weighted by molar-refractivity contribution is 9.10. The first-order valence-corrected chi connectivity index (χ1v) is 5.40. The Kier molecular flexibility index (Phi) is 1.56. The highest BCUT2D eigenvalue weighted by Gasteiger charge is 2.42. The molecule has 14 heavy (non-hydrogen) atoms. The van der Waals surface area contributed by atoms with Gasteiger partial charge in [-0.05, 0) is 25.0 Å². The second-order valence-electron chi connectivity index (χ2n) is 3.89. The van der Waals surface area contributed by atoms with Crippen LogP contribution in [-0.4, -0.2) is 9.38 Å². The lowest BCUT2D eigenvalue weighted by molar-refractivity contribution is 0.715. The number of nitrogens with zero attached hydrogens (tertiary/aromatic N) is 2. The van der Waals surface area contributed by atoms with Crippen molar-refractivity contribution in [2.75, 3.05) is 0 Å². The summed E-state index contributed by atoms with van der Waals surface area (Å²) >= 11 is 3.42. The van der Waals surface area contributed by atoms with Crippen molar-refractivity contribution < 1.29 is 0 Å². The van der Waals surface area contributed by atoms with E-state index in [0.717, 1.165) is 28.7 Å². The van der Waals surface area contributed by atoms with Crippen LogP contribution in [0.2, 0.25) is 0 Å². The van der Waals surface area contributed by atoms with Gasteiger partial charge in [-0.2, -0.15) is 0 Å². The van der Waals surface area contributed by atoms with Crippen LogP contribution in [0.25, 0.3) is 5.65 Å². The summed E-state index contributed by atoms with van der Waals surface area (Å²) < 4.78 is 3.05. The van der Waals surface area contributed by atoms with Crippen LogP contribution in [0.1, 0.15) is 18.5 Å². The van der Waals surface area contributed by atoms with E-state index in [1.165, 1.54) is 0 Å². The Morgan fingerprint density at radius 2 is 2.29 bits per heavy atom. The first-order chi connectivity index (χ1) is 6.67. The number of fused-ring (bicyclic) bond motifs is 1. The van der Waals surface area contributed by atoms with Gasteiger partial charge in [0.2, 0.25) is 0 Å². The molecule has 2 heterocycles. The molecule has 0 radical (unpaired) electrons. The predicted octanol–water partition coefficient (Wildman–Crippen LogP) is 2.04. The molecule has 2 aromatic rings. The summed E-state index contributed by atoms with van der Waals surface area (Å²) in [5, 5.41) is 0. The zero-order chi connectivity index (χ0) is 9.76. The summed E-state index contributed by atoms with van der Waals surface area (Å²) in [7, 11) is 0. The van der Waals surface area contributed by atoms with Crippen molar-refractivity contribution in [3.8, 4) is 0 Å². The van der Waals surface area contributed by atoms with Crippen molar-refractivity contribution in [1.82, 2.24) is 9.38 Å². The van der Waals surface area contributed by atoms with E-state index in [-0.39, 0.29) is 5.54 Å². The second-order valence-corrected chi connectivity index (χ2v) is 4.81. The molecular formula is C10H10BrN3. The third kappa shape index (κ3) is 1.18. The monoisotopic (exact) mass is 251 g/mol. The largest absolute Gasteiger partial charge is 0.320 e. The van der Waals surface area contributed by atoms with Gasteiger partial charge in [0.1, 0.15) is 5.65 Å². The van der Waals surface area contributed by atoms with Gasteiger partial charge in [0.15, 0.2) is 0 Å². The van der Waals surface area contributed by atoms with Crippen molar-refractivity contribution >= 4 is 21.6 Å². The normalized spacial score (nSPS) is 18.7. The molecule has 3 rings (SSSR count). The maximum atomic E-state index is 6.08. The maximum absolute atomic E-state index is 6.08. The van der Waals surface area contributed by atoms with Crippen LogP contribution in [-0.2, 0) is 5.54 Å². The molecule has 0 aromatic carbocycles. The number of rotatable bonds is 1.